The molecule has 0 aliphatic rings. The Morgan fingerprint density at radius 1 is 1.21 bits per heavy atom. The number of aryl methyl sites for hydroxylation is 1. The minimum atomic E-state index is -1.77. The van der Waals surface area contributed by atoms with E-state index in [1.807, 2.05) is 19.1 Å². The zero-order valence-electron chi connectivity index (χ0n) is 12.9. The molecular weight excluding hydrogens is 256 g/mol. The molecule has 19 heavy (non-hydrogen) atoms. The second kappa shape index (κ2) is 5.65. The summed E-state index contributed by atoms with van der Waals surface area (Å²) in [7, 11) is -1.77. The summed E-state index contributed by atoms with van der Waals surface area (Å²) in [6.07, 6.45) is 0. The highest BCUT2D eigenvalue weighted by molar-refractivity contribution is 6.74. The fourth-order valence-electron chi connectivity index (χ4n) is 1.62. The van der Waals surface area contributed by atoms with Crippen LogP contribution in [0.1, 0.15) is 37.5 Å². The van der Waals surface area contributed by atoms with Crippen LogP contribution in [0, 0.1) is 6.92 Å². The molecule has 2 N–H and O–H groups in total. The molecule has 0 amide bonds. The van der Waals surface area contributed by atoms with Gasteiger partial charge >= 0.3 is 0 Å². The first-order chi connectivity index (χ1) is 8.58. The molecule has 1 aromatic carbocycles. The van der Waals surface area contributed by atoms with Crippen molar-refractivity contribution in [3.05, 3.63) is 28.8 Å². The van der Waals surface area contributed by atoms with Gasteiger partial charge in [-0.05, 0) is 42.2 Å². The SMILES string of the molecule is Cc1cc(CO[Si](C)(C)C(C)(C)C)cc(CO)c1O. The minimum Gasteiger partial charge on any atom is -0.507 e. The molecular formula is C15H26O3Si. The number of aliphatic hydroxyl groups is 1. The van der Waals surface area contributed by atoms with Gasteiger partial charge in [0.15, 0.2) is 8.32 Å². The van der Waals surface area contributed by atoms with E-state index in [2.05, 4.69) is 33.9 Å². The highest BCUT2D eigenvalue weighted by Crippen LogP contribution is 2.37. The van der Waals surface area contributed by atoms with Crippen molar-refractivity contribution in [1.29, 1.82) is 0 Å². The van der Waals surface area contributed by atoms with Gasteiger partial charge in [-0.15, -0.1) is 0 Å². The maximum Gasteiger partial charge on any atom is 0.192 e. The van der Waals surface area contributed by atoms with Gasteiger partial charge in [0.1, 0.15) is 5.75 Å². The lowest BCUT2D eigenvalue weighted by Gasteiger charge is -2.36. The lowest BCUT2D eigenvalue weighted by Crippen LogP contribution is -2.40. The number of phenols is 1. The van der Waals surface area contributed by atoms with Crippen molar-refractivity contribution in [2.24, 2.45) is 0 Å². The summed E-state index contributed by atoms with van der Waals surface area (Å²) < 4.78 is 6.15. The molecule has 0 saturated carbocycles. The van der Waals surface area contributed by atoms with E-state index in [9.17, 15) is 10.2 Å². The number of aromatic hydroxyl groups is 1. The van der Waals surface area contributed by atoms with Crippen molar-refractivity contribution in [1.82, 2.24) is 0 Å². The van der Waals surface area contributed by atoms with E-state index in [1.165, 1.54) is 0 Å². The van der Waals surface area contributed by atoms with Crippen molar-refractivity contribution in [2.45, 2.75) is 59.0 Å². The van der Waals surface area contributed by atoms with E-state index in [-0.39, 0.29) is 17.4 Å². The van der Waals surface area contributed by atoms with Crippen molar-refractivity contribution < 1.29 is 14.6 Å². The van der Waals surface area contributed by atoms with E-state index < -0.39 is 8.32 Å². The summed E-state index contributed by atoms with van der Waals surface area (Å²) in [5, 5.41) is 19.2. The lowest BCUT2D eigenvalue weighted by molar-refractivity contribution is 0.269. The molecule has 1 rings (SSSR count). The Labute approximate surface area is 117 Å². The van der Waals surface area contributed by atoms with Crippen molar-refractivity contribution in [2.75, 3.05) is 0 Å². The second-order valence-corrected chi connectivity index (χ2v) is 11.4. The molecule has 0 fully saturated rings. The quantitative estimate of drug-likeness (QED) is 0.828. The molecule has 0 bridgehead atoms. The topological polar surface area (TPSA) is 49.7 Å². The summed E-state index contributed by atoms with van der Waals surface area (Å²) in [5.41, 5.74) is 2.35. The molecule has 3 nitrogen and oxygen atoms in total. The Kier molecular flexibility index (Phi) is 4.82. The first-order valence-corrected chi connectivity index (χ1v) is 9.55. The molecule has 0 aliphatic heterocycles. The molecule has 108 valence electrons. The van der Waals surface area contributed by atoms with Crippen LogP contribution < -0.4 is 0 Å². The van der Waals surface area contributed by atoms with Crippen LogP contribution in [0.5, 0.6) is 5.75 Å². The number of rotatable bonds is 4. The molecule has 4 heteroatoms. The molecule has 0 heterocycles. The van der Waals surface area contributed by atoms with E-state index in [4.69, 9.17) is 4.43 Å². The summed E-state index contributed by atoms with van der Waals surface area (Å²) in [5.74, 6) is 0.179. The van der Waals surface area contributed by atoms with E-state index in [1.54, 1.807) is 0 Å². The smallest absolute Gasteiger partial charge is 0.192 e. The molecule has 0 atom stereocenters. The van der Waals surface area contributed by atoms with Crippen LogP contribution in [-0.4, -0.2) is 18.5 Å². The molecule has 0 spiro atoms. The Morgan fingerprint density at radius 3 is 2.26 bits per heavy atom. The number of hydrogen-bond donors (Lipinski definition) is 2. The van der Waals surface area contributed by atoms with Crippen molar-refractivity contribution in [3.8, 4) is 5.75 Å². The molecule has 0 aromatic heterocycles. The number of benzene rings is 1. The zero-order valence-corrected chi connectivity index (χ0v) is 13.9. The minimum absolute atomic E-state index is 0.152. The first-order valence-electron chi connectivity index (χ1n) is 6.64. The van der Waals surface area contributed by atoms with Gasteiger partial charge in [-0.1, -0.05) is 26.8 Å². The molecule has 0 aliphatic carbocycles. The van der Waals surface area contributed by atoms with Crippen LogP contribution in [0.2, 0.25) is 18.1 Å². The Morgan fingerprint density at radius 2 is 1.79 bits per heavy atom. The van der Waals surface area contributed by atoms with Crippen molar-refractivity contribution in [3.63, 3.8) is 0 Å². The summed E-state index contributed by atoms with van der Waals surface area (Å²) in [4.78, 5) is 0. The van der Waals surface area contributed by atoms with Crippen LogP contribution in [0.4, 0.5) is 0 Å². The van der Waals surface area contributed by atoms with Gasteiger partial charge in [0.25, 0.3) is 0 Å². The zero-order chi connectivity index (χ0) is 14.8. The maximum absolute atomic E-state index is 9.79. The fourth-order valence-corrected chi connectivity index (χ4v) is 2.58. The summed E-state index contributed by atoms with van der Waals surface area (Å²) in [6, 6.07) is 3.73. The third kappa shape index (κ3) is 3.81. The molecule has 0 radical (unpaired) electrons. The van der Waals surface area contributed by atoms with Gasteiger partial charge in [0.05, 0.1) is 13.2 Å². The third-order valence-electron chi connectivity index (χ3n) is 4.02. The molecule has 0 saturated heterocycles. The van der Waals surface area contributed by atoms with Gasteiger partial charge in [-0.25, -0.2) is 0 Å². The standard InChI is InChI=1S/C15H26O3Si/c1-11-7-12(8-13(9-16)14(11)17)10-18-19(5,6)15(2,3)4/h7-8,16-17H,9-10H2,1-6H3. The Balaban J connectivity index is 2.88. The normalized spacial score (nSPS) is 12.8. The Hall–Kier alpha value is -0.843. The lowest BCUT2D eigenvalue weighted by atomic mass is 10.1. The largest absolute Gasteiger partial charge is 0.507 e. The highest BCUT2D eigenvalue weighted by Gasteiger charge is 2.37. The highest BCUT2D eigenvalue weighted by atomic mass is 28.4. The van der Waals surface area contributed by atoms with Crippen LogP contribution in [0.15, 0.2) is 12.1 Å². The second-order valence-electron chi connectivity index (χ2n) is 6.63. The van der Waals surface area contributed by atoms with Crippen LogP contribution >= 0.6 is 0 Å². The van der Waals surface area contributed by atoms with Gasteiger partial charge in [-0.2, -0.15) is 0 Å². The van der Waals surface area contributed by atoms with E-state index in [0.717, 1.165) is 11.1 Å². The monoisotopic (exact) mass is 282 g/mol. The summed E-state index contributed by atoms with van der Waals surface area (Å²) >= 11 is 0. The predicted octanol–water partition coefficient (Wildman–Crippen LogP) is 3.71. The average molecular weight is 282 g/mol. The van der Waals surface area contributed by atoms with Gasteiger partial charge in [0, 0.05) is 5.56 Å². The van der Waals surface area contributed by atoms with Gasteiger partial charge < -0.3 is 14.6 Å². The van der Waals surface area contributed by atoms with Gasteiger partial charge in [-0.3, -0.25) is 0 Å². The van der Waals surface area contributed by atoms with Crippen LogP contribution in [-0.2, 0) is 17.6 Å². The molecule has 1 aromatic rings. The Bertz CT molecular complexity index is 447. The van der Waals surface area contributed by atoms with Gasteiger partial charge in [0.2, 0.25) is 0 Å². The molecule has 0 unspecified atom stereocenters. The number of aliphatic hydroxyl groups excluding tert-OH is 1. The average Bonchev–Trinajstić information content (AvgIpc) is 2.29. The maximum atomic E-state index is 9.79. The van der Waals surface area contributed by atoms with Crippen LogP contribution in [0.3, 0.4) is 0 Å². The first kappa shape index (κ1) is 16.2. The summed E-state index contributed by atoms with van der Waals surface area (Å²) in [6.45, 7) is 13.3. The number of hydrogen-bond acceptors (Lipinski definition) is 3. The van der Waals surface area contributed by atoms with Crippen molar-refractivity contribution >= 4 is 8.32 Å². The van der Waals surface area contributed by atoms with E-state index >= 15 is 0 Å². The third-order valence-corrected chi connectivity index (χ3v) is 8.49. The predicted molar refractivity (Wildman–Crippen MR) is 80.8 cm³/mol. The van der Waals surface area contributed by atoms with E-state index in [0.29, 0.717) is 12.2 Å². The van der Waals surface area contributed by atoms with Crippen LogP contribution in [0.25, 0.3) is 0 Å². The fraction of sp³-hybridized carbons (Fsp3) is 0.600.